The number of thiazole rings is 1. The molecule has 0 aliphatic rings. The van der Waals surface area contributed by atoms with E-state index in [1.54, 1.807) is 29.5 Å². The molecule has 0 aliphatic heterocycles. The highest BCUT2D eigenvalue weighted by atomic mass is 35.5. The van der Waals surface area contributed by atoms with Crippen molar-refractivity contribution >= 4 is 41.0 Å². The number of rotatable bonds is 3. The number of carbonyl (C=O) groups is 1. The van der Waals surface area contributed by atoms with E-state index in [-0.39, 0.29) is 0 Å². The molecule has 0 N–H and O–H groups in total. The molecule has 1 heterocycles. The van der Waals surface area contributed by atoms with Crippen molar-refractivity contribution in [3.63, 3.8) is 0 Å². The van der Waals surface area contributed by atoms with Gasteiger partial charge in [-0.3, -0.25) is 4.79 Å². The summed E-state index contributed by atoms with van der Waals surface area (Å²) in [7, 11) is 0. The predicted octanol–water partition coefficient (Wildman–Crippen LogP) is 4.07. The summed E-state index contributed by atoms with van der Waals surface area (Å²) in [5, 5.41) is 2.56. The first-order valence-electron chi connectivity index (χ1n) is 4.54. The first-order chi connectivity index (χ1) is 7.70. The quantitative estimate of drug-likeness (QED) is 0.787. The van der Waals surface area contributed by atoms with Crippen molar-refractivity contribution in [3.05, 3.63) is 39.9 Å². The fourth-order valence-electron chi connectivity index (χ4n) is 1.19. The number of aryl methyl sites for hydroxylation is 1. The molecule has 0 bridgehead atoms. The number of carbonyl (C=O) groups excluding carboxylic acids is 1. The lowest BCUT2D eigenvalue weighted by Crippen LogP contribution is -1.85. The zero-order valence-electron chi connectivity index (χ0n) is 8.44. The first kappa shape index (κ1) is 11.6. The molecular weight excluding hydrogens is 262 g/mol. The smallest absolute Gasteiger partial charge is 0.154 e. The van der Waals surface area contributed by atoms with Gasteiger partial charge in [0.15, 0.2) is 10.6 Å². The second-order valence-corrected chi connectivity index (χ2v) is 5.66. The van der Waals surface area contributed by atoms with E-state index >= 15 is 0 Å². The number of nitrogens with zero attached hydrogens (tertiary/aromatic N) is 1. The van der Waals surface area contributed by atoms with Crippen LogP contribution in [0.25, 0.3) is 0 Å². The van der Waals surface area contributed by atoms with Gasteiger partial charge in [-0.25, -0.2) is 4.98 Å². The van der Waals surface area contributed by atoms with E-state index in [0.717, 1.165) is 21.2 Å². The van der Waals surface area contributed by atoms with Crippen molar-refractivity contribution in [2.75, 3.05) is 0 Å². The lowest BCUT2D eigenvalue weighted by Gasteiger charge is -2.03. The number of halogens is 1. The molecule has 0 saturated heterocycles. The lowest BCUT2D eigenvalue weighted by atomic mass is 10.2. The monoisotopic (exact) mass is 269 g/mol. The molecule has 0 fully saturated rings. The van der Waals surface area contributed by atoms with Gasteiger partial charge in [0.2, 0.25) is 0 Å². The maximum atomic E-state index is 10.9. The van der Waals surface area contributed by atoms with Crippen LogP contribution >= 0.6 is 34.7 Å². The zero-order valence-corrected chi connectivity index (χ0v) is 10.8. The molecule has 2 nitrogen and oxygen atoms in total. The van der Waals surface area contributed by atoms with Gasteiger partial charge in [-0.15, -0.1) is 11.3 Å². The summed E-state index contributed by atoms with van der Waals surface area (Å²) < 4.78 is 0.897. The van der Waals surface area contributed by atoms with Gasteiger partial charge in [0.1, 0.15) is 0 Å². The van der Waals surface area contributed by atoms with Crippen molar-refractivity contribution < 1.29 is 4.79 Å². The molecule has 2 rings (SSSR count). The van der Waals surface area contributed by atoms with E-state index in [4.69, 9.17) is 11.6 Å². The zero-order chi connectivity index (χ0) is 11.5. The Morgan fingerprint density at radius 1 is 1.50 bits per heavy atom. The van der Waals surface area contributed by atoms with E-state index in [9.17, 15) is 4.79 Å². The van der Waals surface area contributed by atoms with Crippen LogP contribution in [0.15, 0.2) is 32.8 Å². The van der Waals surface area contributed by atoms with Gasteiger partial charge in [-0.2, -0.15) is 0 Å². The standard InChI is InChI=1S/C11H8ClNOS2/c1-7-6-15-11(13-7)16-10-8(5-14)3-2-4-9(10)12/h2-6H,1H3. The molecule has 0 spiro atoms. The average molecular weight is 270 g/mol. The van der Waals surface area contributed by atoms with Gasteiger partial charge in [-0.05, 0) is 13.0 Å². The minimum atomic E-state index is 0.586. The summed E-state index contributed by atoms with van der Waals surface area (Å²) in [6.07, 6.45) is 0.814. The highest BCUT2D eigenvalue weighted by molar-refractivity contribution is 8.01. The molecule has 1 aromatic carbocycles. The van der Waals surface area contributed by atoms with Crippen LogP contribution in [0.3, 0.4) is 0 Å². The molecule has 0 radical (unpaired) electrons. The van der Waals surface area contributed by atoms with E-state index in [0.29, 0.717) is 10.6 Å². The normalized spacial score (nSPS) is 10.4. The fourth-order valence-corrected chi connectivity index (χ4v) is 3.36. The predicted molar refractivity (Wildman–Crippen MR) is 67.8 cm³/mol. The molecule has 16 heavy (non-hydrogen) atoms. The van der Waals surface area contributed by atoms with Gasteiger partial charge >= 0.3 is 0 Å². The Balaban J connectivity index is 2.37. The Hall–Kier alpha value is -0.840. The maximum Gasteiger partial charge on any atom is 0.154 e. The number of aldehydes is 1. The van der Waals surface area contributed by atoms with Gasteiger partial charge in [0.05, 0.1) is 5.02 Å². The van der Waals surface area contributed by atoms with Gasteiger partial charge in [0, 0.05) is 21.5 Å². The van der Waals surface area contributed by atoms with Crippen molar-refractivity contribution in [1.82, 2.24) is 4.98 Å². The van der Waals surface area contributed by atoms with Crippen LogP contribution < -0.4 is 0 Å². The summed E-state index contributed by atoms with van der Waals surface area (Å²) in [6, 6.07) is 5.29. The molecule has 0 atom stereocenters. The van der Waals surface area contributed by atoms with Crippen LogP contribution in [-0.2, 0) is 0 Å². The van der Waals surface area contributed by atoms with Crippen LogP contribution in [0.4, 0.5) is 0 Å². The second-order valence-electron chi connectivity index (χ2n) is 3.13. The second kappa shape index (κ2) is 4.99. The topological polar surface area (TPSA) is 30.0 Å². The highest BCUT2D eigenvalue weighted by Gasteiger charge is 2.10. The molecule has 2 aromatic rings. The first-order valence-corrected chi connectivity index (χ1v) is 6.62. The molecule has 1 aromatic heterocycles. The largest absolute Gasteiger partial charge is 0.298 e. The van der Waals surface area contributed by atoms with Crippen molar-refractivity contribution in [1.29, 1.82) is 0 Å². The van der Waals surface area contributed by atoms with Crippen molar-refractivity contribution in [2.45, 2.75) is 16.2 Å². The highest BCUT2D eigenvalue weighted by Crippen LogP contribution is 2.36. The molecule has 5 heteroatoms. The lowest BCUT2D eigenvalue weighted by molar-refractivity contribution is 0.112. The number of benzene rings is 1. The van der Waals surface area contributed by atoms with Crippen molar-refractivity contribution in [3.8, 4) is 0 Å². The van der Waals surface area contributed by atoms with Crippen molar-refractivity contribution in [2.24, 2.45) is 0 Å². The third-order valence-electron chi connectivity index (χ3n) is 1.91. The molecule has 0 unspecified atom stereocenters. The van der Waals surface area contributed by atoms with Crippen LogP contribution in [0.1, 0.15) is 16.1 Å². The Morgan fingerprint density at radius 2 is 2.31 bits per heavy atom. The Morgan fingerprint density at radius 3 is 2.94 bits per heavy atom. The molecule has 0 aliphatic carbocycles. The number of aromatic nitrogens is 1. The van der Waals surface area contributed by atoms with Gasteiger partial charge in [0.25, 0.3) is 0 Å². The number of hydrogen-bond acceptors (Lipinski definition) is 4. The molecule has 0 amide bonds. The average Bonchev–Trinajstić information content (AvgIpc) is 2.67. The van der Waals surface area contributed by atoms with E-state index in [1.165, 1.54) is 11.8 Å². The summed E-state index contributed by atoms with van der Waals surface area (Å²) in [5.74, 6) is 0. The van der Waals surface area contributed by atoms with Crippen LogP contribution in [0.2, 0.25) is 5.02 Å². The minimum absolute atomic E-state index is 0.586. The Labute approximate surface area is 107 Å². The summed E-state index contributed by atoms with van der Waals surface area (Å²) in [4.78, 5) is 16.0. The molecule has 0 saturated carbocycles. The SMILES string of the molecule is Cc1csc(Sc2c(Cl)cccc2C=O)n1. The van der Waals surface area contributed by atoms with Gasteiger partial charge in [-0.1, -0.05) is 35.5 Å². The van der Waals surface area contributed by atoms with E-state index in [2.05, 4.69) is 4.98 Å². The third kappa shape index (κ3) is 2.45. The van der Waals surface area contributed by atoms with Crippen LogP contribution in [0, 0.1) is 6.92 Å². The maximum absolute atomic E-state index is 10.9. The summed E-state index contributed by atoms with van der Waals surface area (Å²) in [6.45, 7) is 1.94. The van der Waals surface area contributed by atoms with Crippen LogP contribution in [0.5, 0.6) is 0 Å². The number of hydrogen-bond donors (Lipinski definition) is 0. The minimum Gasteiger partial charge on any atom is -0.298 e. The van der Waals surface area contributed by atoms with Crippen LogP contribution in [-0.4, -0.2) is 11.3 Å². The molecule has 82 valence electrons. The van der Waals surface area contributed by atoms with Gasteiger partial charge < -0.3 is 0 Å². The fraction of sp³-hybridized carbons (Fsp3) is 0.0909. The Bertz CT molecular complexity index is 524. The molecular formula is C11H8ClNOS2. The summed E-state index contributed by atoms with van der Waals surface area (Å²) in [5.41, 5.74) is 1.58. The third-order valence-corrected chi connectivity index (χ3v) is 4.55. The summed E-state index contributed by atoms with van der Waals surface area (Å²) >= 11 is 9.04. The van der Waals surface area contributed by atoms with E-state index < -0.39 is 0 Å². The Kier molecular flexibility index (Phi) is 3.63. The van der Waals surface area contributed by atoms with E-state index in [1.807, 2.05) is 12.3 Å².